The van der Waals surface area contributed by atoms with Gasteiger partial charge < -0.3 is 24.4 Å². The summed E-state index contributed by atoms with van der Waals surface area (Å²) < 4.78 is 17.4. The molecule has 0 aromatic rings. The molecule has 0 heterocycles. The molecule has 4 aliphatic rings. The Balaban J connectivity index is 1.08. The number of aliphatic carboxylic acids is 2. The van der Waals surface area contributed by atoms with E-state index in [-0.39, 0.29) is 81.3 Å². The summed E-state index contributed by atoms with van der Waals surface area (Å²) in [6, 6.07) is -1.70. The molecule has 0 aromatic carbocycles. The van der Waals surface area contributed by atoms with Gasteiger partial charge >= 0.3 is 17.9 Å². The van der Waals surface area contributed by atoms with E-state index in [0.717, 1.165) is 12.8 Å². The highest BCUT2D eigenvalue weighted by Crippen LogP contribution is 2.35. The average molecular weight is 645 g/mol. The van der Waals surface area contributed by atoms with E-state index in [1.165, 1.54) is 0 Å². The topological polar surface area (TPSA) is 224 Å². The zero-order chi connectivity index (χ0) is 32.5. The van der Waals surface area contributed by atoms with Crippen LogP contribution in [0.3, 0.4) is 0 Å². The normalized spacial score (nSPS) is 35.6. The molecule has 6 atom stereocenters. The first-order valence-corrected chi connectivity index (χ1v) is 16.0. The van der Waals surface area contributed by atoms with Gasteiger partial charge in [0.05, 0.1) is 42.7 Å². The third kappa shape index (κ3) is 10.0. The molecule has 0 amide bonds. The molecular formula is C29H44N2O14. The minimum atomic E-state index is -1.13. The smallest absolute Gasteiger partial charge is 0.310 e. The van der Waals surface area contributed by atoms with Crippen LogP contribution in [0.25, 0.3) is 0 Å². The molecule has 0 spiro atoms. The zero-order valence-corrected chi connectivity index (χ0v) is 25.3. The number of hydrogen-bond donors (Lipinski definition) is 2. The van der Waals surface area contributed by atoms with Gasteiger partial charge in [-0.05, 0) is 64.2 Å². The van der Waals surface area contributed by atoms with E-state index in [1.54, 1.807) is 0 Å². The van der Waals surface area contributed by atoms with Crippen molar-refractivity contribution in [3.05, 3.63) is 20.2 Å². The third-order valence-corrected chi connectivity index (χ3v) is 9.93. The predicted octanol–water partition coefficient (Wildman–Crippen LogP) is 3.38. The van der Waals surface area contributed by atoms with E-state index >= 15 is 0 Å². The summed E-state index contributed by atoms with van der Waals surface area (Å²) in [7, 11) is 0. The van der Waals surface area contributed by atoms with Crippen molar-refractivity contribution in [3.63, 3.8) is 0 Å². The molecule has 0 bridgehead atoms. The number of carbonyl (C=O) groups is 3. The quantitative estimate of drug-likeness (QED) is 0.0909. The van der Waals surface area contributed by atoms with E-state index < -0.39 is 58.6 Å². The van der Waals surface area contributed by atoms with Gasteiger partial charge in [0.25, 0.3) is 0 Å². The second-order valence-corrected chi connectivity index (χ2v) is 12.8. The largest absolute Gasteiger partial charge is 0.481 e. The number of rotatable bonds is 14. The van der Waals surface area contributed by atoms with E-state index in [2.05, 4.69) is 0 Å². The summed E-state index contributed by atoms with van der Waals surface area (Å²) in [6.45, 7) is 0.112. The Morgan fingerprint density at radius 3 is 1.64 bits per heavy atom. The Kier molecular flexibility index (Phi) is 12.9. The van der Waals surface area contributed by atoms with Crippen molar-refractivity contribution in [2.75, 3.05) is 13.4 Å². The molecule has 0 saturated heterocycles. The highest BCUT2D eigenvalue weighted by Gasteiger charge is 2.45. The summed E-state index contributed by atoms with van der Waals surface area (Å²) in [5, 5.41) is 41.3. The highest BCUT2D eigenvalue weighted by atomic mass is 17.2. The second-order valence-electron chi connectivity index (χ2n) is 12.8. The van der Waals surface area contributed by atoms with Gasteiger partial charge in [-0.3, -0.25) is 34.6 Å². The third-order valence-electron chi connectivity index (χ3n) is 9.93. The predicted molar refractivity (Wildman–Crippen MR) is 151 cm³/mol. The lowest BCUT2D eigenvalue weighted by Crippen LogP contribution is -2.42. The van der Waals surface area contributed by atoms with Crippen LogP contribution in [0.4, 0.5) is 0 Å². The number of carboxylic acid groups (broad SMARTS) is 2. The molecular weight excluding hydrogens is 600 g/mol. The lowest BCUT2D eigenvalue weighted by atomic mass is 9.77. The first-order valence-electron chi connectivity index (χ1n) is 16.0. The Bertz CT molecular complexity index is 1040. The van der Waals surface area contributed by atoms with Crippen LogP contribution in [0, 0.1) is 43.9 Å². The van der Waals surface area contributed by atoms with Crippen molar-refractivity contribution >= 4 is 17.9 Å². The molecule has 0 aromatic heterocycles. The molecule has 45 heavy (non-hydrogen) atoms. The molecule has 6 unspecified atom stereocenters. The molecule has 0 radical (unpaired) electrons. The molecule has 16 nitrogen and oxygen atoms in total. The van der Waals surface area contributed by atoms with Gasteiger partial charge in [0.2, 0.25) is 12.1 Å². The summed E-state index contributed by atoms with van der Waals surface area (Å²) in [6.07, 6.45) is 5.25. The first-order chi connectivity index (χ1) is 21.5. The van der Waals surface area contributed by atoms with E-state index in [0.29, 0.717) is 38.5 Å². The van der Waals surface area contributed by atoms with Crippen LogP contribution in [-0.2, 0) is 38.4 Å². The Morgan fingerprint density at radius 1 is 0.622 bits per heavy atom. The minimum Gasteiger partial charge on any atom is -0.481 e. The van der Waals surface area contributed by atoms with Gasteiger partial charge in [0.1, 0.15) is 12.9 Å². The van der Waals surface area contributed by atoms with Gasteiger partial charge in [0, 0.05) is 41.4 Å². The summed E-state index contributed by atoms with van der Waals surface area (Å²) in [5.74, 6) is -5.93. The fraction of sp³-hybridized carbons (Fsp3) is 0.897. The van der Waals surface area contributed by atoms with Crippen molar-refractivity contribution in [1.82, 2.24) is 0 Å². The summed E-state index contributed by atoms with van der Waals surface area (Å²) in [5.41, 5.74) is 0. The van der Waals surface area contributed by atoms with Gasteiger partial charge in [-0.1, -0.05) is 0 Å². The fourth-order valence-corrected chi connectivity index (χ4v) is 7.15. The maximum Gasteiger partial charge on any atom is 0.310 e. The monoisotopic (exact) mass is 644 g/mol. The van der Waals surface area contributed by atoms with Gasteiger partial charge in [-0.15, -0.1) is 0 Å². The maximum atomic E-state index is 12.8. The lowest BCUT2D eigenvalue weighted by molar-refractivity contribution is -0.529. The van der Waals surface area contributed by atoms with Crippen molar-refractivity contribution in [3.8, 4) is 0 Å². The van der Waals surface area contributed by atoms with E-state index in [1.807, 2.05) is 0 Å². The second kappa shape index (κ2) is 16.6. The number of carboxylic acids is 2. The molecule has 4 aliphatic carbocycles. The van der Waals surface area contributed by atoms with Crippen molar-refractivity contribution in [2.45, 2.75) is 126 Å². The van der Waals surface area contributed by atoms with Crippen LogP contribution in [0.5, 0.6) is 0 Å². The van der Waals surface area contributed by atoms with Crippen molar-refractivity contribution in [1.29, 1.82) is 0 Å². The number of hydrogen-bond acceptors (Lipinski definition) is 12. The molecule has 16 heteroatoms. The summed E-state index contributed by atoms with van der Waals surface area (Å²) >= 11 is 0. The number of esters is 1. The van der Waals surface area contributed by atoms with Crippen LogP contribution in [0.1, 0.15) is 89.9 Å². The van der Waals surface area contributed by atoms with Crippen LogP contribution < -0.4 is 0 Å². The number of nitro groups is 2. The first kappa shape index (κ1) is 34.9. The maximum absolute atomic E-state index is 12.8. The van der Waals surface area contributed by atoms with Crippen LogP contribution in [0.15, 0.2) is 0 Å². The molecule has 4 rings (SSSR count). The minimum absolute atomic E-state index is 0.00147. The number of ether oxygens (including phenoxy) is 3. The number of carbonyl (C=O) groups excluding carboxylic acids is 1. The van der Waals surface area contributed by atoms with Gasteiger partial charge in [0.15, 0.2) is 0 Å². The number of nitrogens with zero attached hydrogens (tertiary/aromatic N) is 2. The van der Waals surface area contributed by atoms with E-state index in [9.17, 15) is 44.8 Å². The van der Waals surface area contributed by atoms with E-state index in [4.69, 9.17) is 24.0 Å². The highest BCUT2D eigenvalue weighted by molar-refractivity contribution is 5.81. The zero-order valence-electron chi connectivity index (χ0n) is 25.3. The molecule has 4 fully saturated rings. The van der Waals surface area contributed by atoms with Crippen molar-refractivity contribution in [2.24, 2.45) is 23.7 Å². The lowest BCUT2D eigenvalue weighted by Gasteiger charge is -2.33. The van der Waals surface area contributed by atoms with Crippen LogP contribution >= 0.6 is 0 Å². The Labute approximate surface area is 260 Å². The van der Waals surface area contributed by atoms with Crippen LogP contribution in [-0.4, -0.2) is 87.9 Å². The molecule has 2 N–H and O–H groups in total. The SMILES string of the molecule is O=C(O)C1CCC([N+](=O)[O-])CC1COOC1CCC(OCOC2CCC(OC(=O)C3CC([N+](=O)[O-])CCC3C(=O)O)CC2)CC1. The standard InChI is InChI=1S/C29H44N2O14/c32-27(33)24-11-1-18(30(37)38)13-17(24)15-43-45-23-9-5-21(6-10-23)42-16-41-20-3-7-22(8-4-20)44-29(36)26-14-19(31(39)40)2-12-25(26)28(34)35/h17-26H,1-16H2,(H,32,33)(H,34,35). The van der Waals surface area contributed by atoms with Gasteiger partial charge in [-0.2, -0.15) is 0 Å². The Morgan fingerprint density at radius 2 is 1.11 bits per heavy atom. The molecule has 4 saturated carbocycles. The molecule has 254 valence electrons. The molecule has 0 aliphatic heterocycles. The average Bonchev–Trinajstić information content (AvgIpc) is 3.02. The van der Waals surface area contributed by atoms with Crippen LogP contribution in [0.2, 0.25) is 0 Å². The summed E-state index contributed by atoms with van der Waals surface area (Å²) in [4.78, 5) is 68.4. The Hall–Kier alpha value is -2.95. The van der Waals surface area contributed by atoms with Gasteiger partial charge in [-0.25, -0.2) is 9.78 Å². The van der Waals surface area contributed by atoms with Crippen molar-refractivity contribution < 1.29 is 58.4 Å². The fourth-order valence-electron chi connectivity index (χ4n) is 7.15.